The summed E-state index contributed by atoms with van der Waals surface area (Å²) in [4.78, 5) is 2.19. The SMILES string of the molecule is COCCN(Cc1cccc(OC)c1)CC(O)c1ccccc1. The van der Waals surface area contributed by atoms with E-state index in [0.29, 0.717) is 13.2 Å². The van der Waals surface area contributed by atoms with Gasteiger partial charge in [-0.25, -0.2) is 0 Å². The number of aliphatic hydroxyl groups is 1. The van der Waals surface area contributed by atoms with Crippen LogP contribution in [-0.4, -0.2) is 43.9 Å². The first kappa shape index (κ1) is 17.5. The molecule has 124 valence electrons. The average molecular weight is 315 g/mol. The monoisotopic (exact) mass is 315 g/mol. The third kappa shape index (κ3) is 5.67. The number of hydrogen-bond acceptors (Lipinski definition) is 4. The molecule has 0 aliphatic carbocycles. The quantitative estimate of drug-likeness (QED) is 0.772. The van der Waals surface area contributed by atoms with Gasteiger partial charge in [0.15, 0.2) is 0 Å². The molecule has 0 aromatic heterocycles. The highest BCUT2D eigenvalue weighted by molar-refractivity contribution is 5.28. The van der Waals surface area contributed by atoms with E-state index in [4.69, 9.17) is 9.47 Å². The summed E-state index contributed by atoms with van der Waals surface area (Å²) in [6, 6.07) is 17.7. The van der Waals surface area contributed by atoms with Gasteiger partial charge < -0.3 is 14.6 Å². The van der Waals surface area contributed by atoms with Crippen molar-refractivity contribution in [2.45, 2.75) is 12.6 Å². The Morgan fingerprint density at radius 1 is 1.04 bits per heavy atom. The van der Waals surface area contributed by atoms with Crippen LogP contribution in [0.25, 0.3) is 0 Å². The molecule has 0 spiro atoms. The summed E-state index contributed by atoms with van der Waals surface area (Å²) < 4.78 is 10.5. The Balaban J connectivity index is 2.03. The van der Waals surface area contributed by atoms with Gasteiger partial charge in [0.05, 0.1) is 19.8 Å². The van der Waals surface area contributed by atoms with E-state index >= 15 is 0 Å². The Morgan fingerprint density at radius 2 is 1.83 bits per heavy atom. The van der Waals surface area contributed by atoms with E-state index in [9.17, 15) is 5.11 Å². The van der Waals surface area contributed by atoms with Gasteiger partial charge in [0, 0.05) is 26.7 Å². The lowest BCUT2D eigenvalue weighted by Crippen LogP contribution is -2.31. The smallest absolute Gasteiger partial charge is 0.119 e. The summed E-state index contributed by atoms with van der Waals surface area (Å²) in [6.45, 7) is 2.69. The molecule has 0 aliphatic heterocycles. The van der Waals surface area contributed by atoms with Crippen molar-refractivity contribution in [3.05, 3.63) is 65.7 Å². The van der Waals surface area contributed by atoms with E-state index in [2.05, 4.69) is 11.0 Å². The lowest BCUT2D eigenvalue weighted by molar-refractivity contribution is 0.0849. The van der Waals surface area contributed by atoms with Crippen molar-refractivity contribution >= 4 is 0 Å². The van der Waals surface area contributed by atoms with Gasteiger partial charge >= 0.3 is 0 Å². The molecule has 1 atom stereocenters. The largest absolute Gasteiger partial charge is 0.497 e. The Morgan fingerprint density at radius 3 is 2.52 bits per heavy atom. The van der Waals surface area contributed by atoms with Crippen LogP contribution in [0.3, 0.4) is 0 Å². The first-order valence-electron chi connectivity index (χ1n) is 7.80. The molecule has 0 fully saturated rings. The van der Waals surface area contributed by atoms with Crippen LogP contribution in [-0.2, 0) is 11.3 Å². The number of methoxy groups -OCH3 is 2. The fourth-order valence-electron chi connectivity index (χ4n) is 2.51. The standard InChI is InChI=1S/C19H25NO3/c1-22-12-11-20(14-16-7-6-10-18(13-16)23-2)15-19(21)17-8-4-3-5-9-17/h3-10,13,19,21H,11-12,14-15H2,1-2H3. The molecule has 0 heterocycles. The third-order valence-corrected chi connectivity index (χ3v) is 3.77. The maximum atomic E-state index is 10.5. The molecule has 23 heavy (non-hydrogen) atoms. The lowest BCUT2D eigenvalue weighted by Gasteiger charge is -2.25. The zero-order valence-electron chi connectivity index (χ0n) is 13.8. The van der Waals surface area contributed by atoms with Crippen molar-refractivity contribution in [3.63, 3.8) is 0 Å². The summed E-state index contributed by atoms with van der Waals surface area (Å²) in [5.41, 5.74) is 2.08. The number of nitrogens with zero attached hydrogens (tertiary/aromatic N) is 1. The topological polar surface area (TPSA) is 41.9 Å². The van der Waals surface area contributed by atoms with E-state index in [1.807, 2.05) is 48.5 Å². The van der Waals surface area contributed by atoms with Crippen LogP contribution < -0.4 is 4.74 Å². The second-order valence-corrected chi connectivity index (χ2v) is 5.51. The molecule has 0 bridgehead atoms. The molecule has 0 saturated heterocycles. The normalized spacial score (nSPS) is 12.3. The molecule has 4 nitrogen and oxygen atoms in total. The molecule has 1 N–H and O–H groups in total. The maximum absolute atomic E-state index is 10.5. The molecule has 0 amide bonds. The Hall–Kier alpha value is -1.88. The predicted molar refractivity (Wildman–Crippen MR) is 91.5 cm³/mol. The minimum absolute atomic E-state index is 0.515. The summed E-state index contributed by atoms with van der Waals surface area (Å²) in [6.07, 6.45) is -0.515. The molecule has 4 heteroatoms. The first-order valence-corrected chi connectivity index (χ1v) is 7.80. The van der Waals surface area contributed by atoms with Crippen molar-refractivity contribution < 1.29 is 14.6 Å². The van der Waals surface area contributed by atoms with Gasteiger partial charge in [-0.2, -0.15) is 0 Å². The van der Waals surface area contributed by atoms with Gasteiger partial charge in [0.2, 0.25) is 0 Å². The highest BCUT2D eigenvalue weighted by Gasteiger charge is 2.14. The van der Waals surface area contributed by atoms with Crippen molar-refractivity contribution in [2.75, 3.05) is 33.9 Å². The highest BCUT2D eigenvalue weighted by Crippen LogP contribution is 2.18. The lowest BCUT2D eigenvalue weighted by atomic mass is 10.1. The molecule has 2 aromatic rings. The van der Waals surface area contributed by atoms with Crippen LogP contribution in [0.5, 0.6) is 5.75 Å². The van der Waals surface area contributed by atoms with Crippen molar-refractivity contribution in [2.24, 2.45) is 0 Å². The van der Waals surface area contributed by atoms with E-state index in [1.165, 1.54) is 0 Å². The molecule has 0 aliphatic rings. The van der Waals surface area contributed by atoms with Crippen molar-refractivity contribution in [3.8, 4) is 5.75 Å². The van der Waals surface area contributed by atoms with Crippen LogP contribution in [0, 0.1) is 0 Å². The highest BCUT2D eigenvalue weighted by atomic mass is 16.5. The Bertz CT molecular complexity index is 574. The number of rotatable bonds is 9. The van der Waals surface area contributed by atoms with Crippen molar-refractivity contribution in [1.82, 2.24) is 4.90 Å². The molecule has 2 aromatic carbocycles. The molecule has 1 unspecified atom stereocenters. The first-order chi connectivity index (χ1) is 11.2. The number of hydrogen-bond donors (Lipinski definition) is 1. The van der Waals surface area contributed by atoms with Gasteiger partial charge in [0.25, 0.3) is 0 Å². The van der Waals surface area contributed by atoms with Crippen LogP contribution in [0.1, 0.15) is 17.2 Å². The average Bonchev–Trinajstić information content (AvgIpc) is 2.60. The van der Waals surface area contributed by atoms with Crippen LogP contribution in [0.2, 0.25) is 0 Å². The van der Waals surface area contributed by atoms with Crippen LogP contribution in [0.4, 0.5) is 0 Å². The van der Waals surface area contributed by atoms with Crippen LogP contribution in [0.15, 0.2) is 54.6 Å². The third-order valence-electron chi connectivity index (χ3n) is 3.77. The van der Waals surface area contributed by atoms with Gasteiger partial charge in [-0.3, -0.25) is 4.90 Å². The minimum Gasteiger partial charge on any atom is -0.497 e. The molecule has 0 saturated carbocycles. The van der Waals surface area contributed by atoms with E-state index in [-0.39, 0.29) is 0 Å². The van der Waals surface area contributed by atoms with Gasteiger partial charge in [-0.05, 0) is 23.3 Å². The summed E-state index contributed by atoms with van der Waals surface area (Å²) in [5, 5.41) is 10.5. The molecule has 2 rings (SSSR count). The minimum atomic E-state index is -0.515. The Labute approximate surface area is 138 Å². The molecular formula is C19H25NO3. The fraction of sp³-hybridized carbons (Fsp3) is 0.368. The zero-order chi connectivity index (χ0) is 16.5. The van der Waals surface area contributed by atoms with Gasteiger partial charge in [-0.15, -0.1) is 0 Å². The second-order valence-electron chi connectivity index (χ2n) is 5.51. The molecular weight excluding hydrogens is 290 g/mol. The summed E-state index contributed by atoms with van der Waals surface area (Å²) in [7, 11) is 3.36. The predicted octanol–water partition coefficient (Wildman–Crippen LogP) is 2.88. The zero-order valence-corrected chi connectivity index (χ0v) is 13.8. The summed E-state index contributed by atoms with van der Waals surface area (Å²) in [5.74, 6) is 0.845. The number of aliphatic hydroxyl groups excluding tert-OH is 1. The van der Waals surface area contributed by atoms with E-state index in [1.54, 1.807) is 14.2 Å². The van der Waals surface area contributed by atoms with Crippen LogP contribution >= 0.6 is 0 Å². The van der Waals surface area contributed by atoms with Gasteiger partial charge in [-0.1, -0.05) is 42.5 Å². The number of ether oxygens (including phenoxy) is 2. The van der Waals surface area contributed by atoms with E-state index in [0.717, 1.165) is 30.0 Å². The van der Waals surface area contributed by atoms with E-state index < -0.39 is 6.10 Å². The molecule has 0 radical (unpaired) electrons. The number of benzene rings is 2. The second kappa shape index (κ2) is 9.30. The van der Waals surface area contributed by atoms with Gasteiger partial charge in [0.1, 0.15) is 5.75 Å². The maximum Gasteiger partial charge on any atom is 0.119 e. The fourth-order valence-corrected chi connectivity index (χ4v) is 2.51. The van der Waals surface area contributed by atoms with Crippen molar-refractivity contribution in [1.29, 1.82) is 0 Å². The summed E-state index contributed by atoms with van der Waals surface area (Å²) >= 11 is 0. The Kier molecular flexibility index (Phi) is 7.07.